The van der Waals surface area contributed by atoms with Crippen molar-refractivity contribution in [3.63, 3.8) is 0 Å². The summed E-state index contributed by atoms with van der Waals surface area (Å²) < 4.78 is 11.2. The quantitative estimate of drug-likeness (QED) is 0.785. The zero-order chi connectivity index (χ0) is 14.3. The Morgan fingerprint density at radius 3 is 2.26 bits per heavy atom. The Labute approximate surface area is 117 Å². The van der Waals surface area contributed by atoms with E-state index in [0.717, 1.165) is 12.2 Å². The second kappa shape index (κ2) is 7.51. The lowest BCUT2D eigenvalue weighted by molar-refractivity contribution is 0.0337. The summed E-state index contributed by atoms with van der Waals surface area (Å²) in [7, 11) is 0. The SMILES string of the molecule is CCOC(CN)COc1ccc(C(C)(C)CC)cc1. The second-order valence-corrected chi connectivity index (χ2v) is 5.39. The Hall–Kier alpha value is -1.06. The fourth-order valence-corrected chi connectivity index (χ4v) is 1.82. The van der Waals surface area contributed by atoms with Crippen LogP contribution in [0.4, 0.5) is 0 Å². The summed E-state index contributed by atoms with van der Waals surface area (Å²) in [6, 6.07) is 8.31. The molecule has 0 aliphatic carbocycles. The number of nitrogens with two attached hydrogens (primary N) is 1. The Kier molecular flexibility index (Phi) is 6.32. The van der Waals surface area contributed by atoms with Gasteiger partial charge in [0.25, 0.3) is 0 Å². The molecule has 0 radical (unpaired) electrons. The standard InChI is InChI=1S/C16H27NO2/c1-5-16(3,4)13-7-9-14(10-8-13)19-12-15(11-17)18-6-2/h7-10,15H,5-6,11-12,17H2,1-4H3. The lowest BCUT2D eigenvalue weighted by Gasteiger charge is -2.23. The van der Waals surface area contributed by atoms with Crippen molar-refractivity contribution in [2.75, 3.05) is 19.8 Å². The molecule has 0 heterocycles. The van der Waals surface area contributed by atoms with Crippen molar-refractivity contribution in [3.8, 4) is 5.75 Å². The molecular weight excluding hydrogens is 238 g/mol. The summed E-state index contributed by atoms with van der Waals surface area (Å²) in [5.41, 5.74) is 7.16. The minimum Gasteiger partial charge on any atom is -0.491 e. The molecule has 1 aromatic carbocycles. The van der Waals surface area contributed by atoms with Crippen LogP contribution in [0.1, 0.15) is 39.7 Å². The summed E-state index contributed by atoms with van der Waals surface area (Å²) in [6.45, 7) is 10.3. The van der Waals surface area contributed by atoms with Gasteiger partial charge in [-0.25, -0.2) is 0 Å². The highest BCUT2D eigenvalue weighted by molar-refractivity contribution is 5.31. The van der Waals surface area contributed by atoms with Crippen molar-refractivity contribution in [2.24, 2.45) is 5.73 Å². The lowest BCUT2D eigenvalue weighted by Crippen LogP contribution is -2.30. The van der Waals surface area contributed by atoms with Crippen molar-refractivity contribution in [2.45, 2.75) is 45.6 Å². The molecule has 1 aromatic rings. The van der Waals surface area contributed by atoms with Crippen molar-refractivity contribution >= 4 is 0 Å². The van der Waals surface area contributed by atoms with E-state index in [0.29, 0.717) is 19.8 Å². The number of ether oxygens (including phenoxy) is 2. The van der Waals surface area contributed by atoms with Gasteiger partial charge in [0.1, 0.15) is 18.5 Å². The third kappa shape index (κ3) is 4.84. The Morgan fingerprint density at radius 1 is 1.16 bits per heavy atom. The molecule has 1 unspecified atom stereocenters. The first-order chi connectivity index (χ1) is 9.03. The van der Waals surface area contributed by atoms with Gasteiger partial charge < -0.3 is 15.2 Å². The zero-order valence-corrected chi connectivity index (χ0v) is 12.6. The third-order valence-electron chi connectivity index (χ3n) is 3.62. The van der Waals surface area contributed by atoms with Crippen LogP contribution in [0.5, 0.6) is 5.75 Å². The van der Waals surface area contributed by atoms with Gasteiger partial charge in [-0.1, -0.05) is 32.9 Å². The van der Waals surface area contributed by atoms with Gasteiger partial charge in [-0.05, 0) is 36.5 Å². The zero-order valence-electron chi connectivity index (χ0n) is 12.6. The highest BCUT2D eigenvalue weighted by Gasteiger charge is 2.17. The van der Waals surface area contributed by atoms with Gasteiger partial charge in [0.05, 0.1) is 0 Å². The van der Waals surface area contributed by atoms with Gasteiger partial charge in [0.2, 0.25) is 0 Å². The predicted molar refractivity (Wildman–Crippen MR) is 79.7 cm³/mol. The summed E-state index contributed by atoms with van der Waals surface area (Å²) >= 11 is 0. The van der Waals surface area contributed by atoms with Crippen LogP contribution in [0.15, 0.2) is 24.3 Å². The number of hydrogen-bond donors (Lipinski definition) is 1. The van der Waals surface area contributed by atoms with Crippen LogP contribution in [0.2, 0.25) is 0 Å². The van der Waals surface area contributed by atoms with Crippen LogP contribution in [-0.2, 0) is 10.2 Å². The van der Waals surface area contributed by atoms with Crippen molar-refractivity contribution in [1.82, 2.24) is 0 Å². The monoisotopic (exact) mass is 265 g/mol. The highest BCUT2D eigenvalue weighted by Crippen LogP contribution is 2.28. The maximum Gasteiger partial charge on any atom is 0.119 e. The molecule has 0 saturated heterocycles. The van der Waals surface area contributed by atoms with E-state index in [1.54, 1.807) is 0 Å². The maximum atomic E-state index is 5.71. The van der Waals surface area contributed by atoms with E-state index < -0.39 is 0 Å². The molecule has 1 rings (SSSR count). The molecule has 2 N–H and O–H groups in total. The van der Waals surface area contributed by atoms with E-state index in [9.17, 15) is 0 Å². The normalized spacial score (nSPS) is 13.3. The van der Waals surface area contributed by atoms with Gasteiger partial charge in [0, 0.05) is 13.2 Å². The third-order valence-corrected chi connectivity index (χ3v) is 3.62. The van der Waals surface area contributed by atoms with Gasteiger partial charge >= 0.3 is 0 Å². The predicted octanol–water partition coefficient (Wildman–Crippen LogP) is 3.12. The maximum absolute atomic E-state index is 5.71. The van der Waals surface area contributed by atoms with Gasteiger partial charge in [-0.15, -0.1) is 0 Å². The van der Waals surface area contributed by atoms with E-state index in [4.69, 9.17) is 15.2 Å². The van der Waals surface area contributed by atoms with Crippen molar-refractivity contribution in [1.29, 1.82) is 0 Å². The Morgan fingerprint density at radius 2 is 1.79 bits per heavy atom. The molecule has 0 aliphatic heterocycles. The molecule has 3 nitrogen and oxygen atoms in total. The lowest BCUT2D eigenvalue weighted by atomic mass is 9.82. The van der Waals surface area contributed by atoms with E-state index in [2.05, 4.69) is 32.9 Å². The summed E-state index contributed by atoms with van der Waals surface area (Å²) in [5.74, 6) is 0.869. The largest absolute Gasteiger partial charge is 0.491 e. The molecule has 19 heavy (non-hydrogen) atoms. The fourth-order valence-electron chi connectivity index (χ4n) is 1.82. The highest BCUT2D eigenvalue weighted by atomic mass is 16.5. The number of hydrogen-bond acceptors (Lipinski definition) is 3. The molecule has 0 aliphatic rings. The molecule has 1 atom stereocenters. The van der Waals surface area contributed by atoms with Crippen LogP contribution < -0.4 is 10.5 Å². The van der Waals surface area contributed by atoms with Crippen LogP contribution in [0.25, 0.3) is 0 Å². The minimum absolute atomic E-state index is 0.0308. The van der Waals surface area contributed by atoms with Gasteiger partial charge in [-0.2, -0.15) is 0 Å². The number of rotatable bonds is 8. The van der Waals surface area contributed by atoms with E-state index in [-0.39, 0.29) is 11.5 Å². The first kappa shape index (κ1) is 16.0. The first-order valence-corrected chi connectivity index (χ1v) is 7.08. The molecule has 0 fully saturated rings. The average Bonchev–Trinajstić information content (AvgIpc) is 2.44. The molecule has 3 heteroatoms. The Bertz CT molecular complexity index is 360. The molecular formula is C16H27NO2. The Balaban J connectivity index is 2.57. The van der Waals surface area contributed by atoms with Crippen molar-refractivity contribution < 1.29 is 9.47 Å². The molecule has 0 spiro atoms. The van der Waals surface area contributed by atoms with E-state index in [1.165, 1.54) is 5.56 Å². The van der Waals surface area contributed by atoms with E-state index >= 15 is 0 Å². The summed E-state index contributed by atoms with van der Waals surface area (Å²) in [5, 5.41) is 0. The second-order valence-electron chi connectivity index (χ2n) is 5.39. The van der Waals surface area contributed by atoms with Crippen LogP contribution in [-0.4, -0.2) is 25.9 Å². The minimum atomic E-state index is -0.0308. The summed E-state index contributed by atoms with van der Waals surface area (Å²) in [6.07, 6.45) is 1.09. The van der Waals surface area contributed by atoms with Crippen LogP contribution >= 0.6 is 0 Å². The molecule has 0 saturated carbocycles. The molecule has 108 valence electrons. The molecule has 0 bridgehead atoms. The van der Waals surface area contributed by atoms with Crippen LogP contribution in [0.3, 0.4) is 0 Å². The molecule has 0 amide bonds. The van der Waals surface area contributed by atoms with Crippen LogP contribution in [0, 0.1) is 0 Å². The topological polar surface area (TPSA) is 44.5 Å². The van der Waals surface area contributed by atoms with Gasteiger partial charge in [0.15, 0.2) is 0 Å². The first-order valence-electron chi connectivity index (χ1n) is 7.08. The van der Waals surface area contributed by atoms with Crippen molar-refractivity contribution in [3.05, 3.63) is 29.8 Å². The van der Waals surface area contributed by atoms with Gasteiger partial charge in [-0.3, -0.25) is 0 Å². The fraction of sp³-hybridized carbons (Fsp3) is 0.625. The average molecular weight is 265 g/mol. The smallest absolute Gasteiger partial charge is 0.119 e. The summed E-state index contributed by atoms with van der Waals surface area (Å²) in [4.78, 5) is 0. The molecule has 0 aromatic heterocycles. The number of benzene rings is 1. The van der Waals surface area contributed by atoms with E-state index in [1.807, 2.05) is 19.1 Å².